The molecule has 0 aliphatic heterocycles. The molecule has 2 aromatic heterocycles. The number of anilines is 3. The molecular weight excluding hydrogens is 443 g/mol. The molecule has 3 aromatic rings. The molecule has 1 fully saturated rings. The second-order valence-corrected chi connectivity index (χ2v) is 9.40. The number of halogens is 3. The Labute approximate surface area is 196 Å². The number of hydrogen-bond acceptors (Lipinski definition) is 6. The van der Waals surface area contributed by atoms with Crippen molar-refractivity contribution >= 4 is 28.7 Å². The number of imidazole rings is 1. The third-order valence-corrected chi connectivity index (χ3v) is 6.48. The predicted molar refractivity (Wildman–Crippen MR) is 125 cm³/mol. The molecule has 4 rings (SSSR count). The van der Waals surface area contributed by atoms with E-state index >= 15 is 0 Å². The van der Waals surface area contributed by atoms with Gasteiger partial charge in [-0.25, -0.2) is 9.97 Å². The Morgan fingerprint density at radius 2 is 1.76 bits per heavy atom. The fraction of sp³-hybridized carbons (Fsp3) is 0.500. The molecule has 2 N–H and O–H groups in total. The minimum Gasteiger partial charge on any atom is -0.349 e. The fourth-order valence-corrected chi connectivity index (χ4v) is 4.11. The Morgan fingerprint density at radius 1 is 1.09 bits per heavy atom. The van der Waals surface area contributed by atoms with E-state index in [9.17, 15) is 18.4 Å². The summed E-state index contributed by atoms with van der Waals surface area (Å²) in [6.45, 7) is 6.22. The normalized spacial score (nSPS) is 19.1. The average Bonchev–Trinajstić information content (AvgIpc) is 3.15. The van der Waals surface area contributed by atoms with Crippen molar-refractivity contribution in [2.75, 3.05) is 10.6 Å². The highest BCUT2D eigenvalue weighted by Gasteiger charge is 2.30. The van der Waals surface area contributed by atoms with E-state index in [2.05, 4.69) is 47.4 Å². The number of rotatable bonds is 6. The molecule has 1 aromatic carbocycles. The van der Waals surface area contributed by atoms with Crippen LogP contribution in [0.25, 0.3) is 11.2 Å². The van der Waals surface area contributed by atoms with Crippen LogP contribution in [0.3, 0.4) is 0 Å². The first-order valence-corrected chi connectivity index (χ1v) is 11.5. The molecular formula is C24H28F3N7. The van der Waals surface area contributed by atoms with Crippen LogP contribution >= 0.6 is 0 Å². The highest BCUT2D eigenvalue weighted by atomic mass is 19.4. The van der Waals surface area contributed by atoms with E-state index in [-0.39, 0.29) is 17.5 Å². The van der Waals surface area contributed by atoms with Crippen molar-refractivity contribution in [1.82, 2.24) is 19.5 Å². The summed E-state index contributed by atoms with van der Waals surface area (Å²) in [6.07, 6.45) is 1.28. The van der Waals surface area contributed by atoms with Crippen LogP contribution in [0.5, 0.6) is 0 Å². The number of fused-ring (bicyclic) bond motifs is 1. The van der Waals surface area contributed by atoms with Gasteiger partial charge in [0, 0.05) is 23.2 Å². The molecule has 2 heterocycles. The number of nitrogens with one attached hydrogen (secondary N) is 2. The maximum atomic E-state index is 13.0. The zero-order chi connectivity index (χ0) is 24.5. The van der Waals surface area contributed by atoms with E-state index in [0.29, 0.717) is 28.7 Å². The number of benzene rings is 1. The molecule has 34 heavy (non-hydrogen) atoms. The lowest BCUT2D eigenvalue weighted by molar-refractivity contribution is -0.137. The summed E-state index contributed by atoms with van der Waals surface area (Å²) in [5.41, 5.74) is 0.844. The zero-order valence-electron chi connectivity index (χ0n) is 19.4. The van der Waals surface area contributed by atoms with Crippen molar-refractivity contribution in [2.45, 2.75) is 70.6 Å². The van der Waals surface area contributed by atoms with Gasteiger partial charge < -0.3 is 10.6 Å². The minimum atomic E-state index is -4.39. The SMILES string of the molecule is CCC(C)(C)Nc1ncc2nc(Nc3ccc(C(F)(F)F)cc3)n([C@H]3CC[C@H](C#N)CC3)c2n1. The Kier molecular flexibility index (Phi) is 6.39. The van der Waals surface area contributed by atoms with Crippen LogP contribution in [-0.2, 0) is 6.18 Å². The molecule has 7 nitrogen and oxygen atoms in total. The Hall–Kier alpha value is -3.35. The van der Waals surface area contributed by atoms with Crippen LogP contribution in [0, 0.1) is 17.2 Å². The molecule has 0 amide bonds. The van der Waals surface area contributed by atoms with Crippen molar-refractivity contribution in [2.24, 2.45) is 5.92 Å². The Balaban J connectivity index is 1.72. The molecule has 1 saturated carbocycles. The lowest BCUT2D eigenvalue weighted by Gasteiger charge is -2.28. The van der Waals surface area contributed by atoms with E-state index < -0.39 is 11.7 Å². The standard InChI is InChI=1S/C24H28F3N7/c1-4-23(2,3)33-21-29-14-19-20(32-21)34(18-11-5-15(13-28)6-12-18)22(31-19)30-17-9-7-16(8-10-17)24(25,26)27/h7-10,14-15,18H,4-6,11-12H2,1-3H3,(H,30,31)(H,29,32,33)/t15-,18-. The quantitative estimate of drug-likeness (QED) is 0.430. The molecule has 0 radical (unpaired) electrons. The molecule has 0 spiro atoms. The number of nitrogens with zero attached hydrogens (tertiary/aromatic N) is 5. The fourth-order valence-electron chi connectivity index (χ4n) is 4.11. The summed E-state index contributed by atoms with van der Waals surface area (Å²) >= 11 is 0. The second-order valence-electron chi connectivity index (χ2n) is 9.40. The minimum absolute atomic E-state index is 0.0366. The van der Waals surface area contributed by atoms with Crippen molar-refractivity contribution in [3.63, 3.8) is 0 Å². The molecule has 1 aliphatic carbocycles. The highest BCUT2D eigenvalue weighted by molar-refractivity contribution is 5.76. The summed E-state index contributed by atoms with van der Waals surface area (Å²) in [5, 5.41) is 15.8. The number of aromatic nitrogens is 4. The van der Waals surface area contributed by atoms with Crippen LogP contribution in [0.2, 0.25) is 0 Å². The molecule has 0 atom stereocenters. The van der Waals surface area contributed by atoms with Gasteiger partial charge in [0.1, 0.15) is 5.52 Å². The summed E-state index contributed by atoms with van der Waals surface area (Å²) in [5.74, 6) is 1.03. The van der Waals surface area contributed by atoms with Gasteiger partial charge in [-0.2, -0.15) is 23.4 Å². The molecule has 1 aliphatic rings. The summed E-state index contributed by atoms with van der Waals surface area (Å²) in [4.78, 5) is 13.8. The molecule has 0 unspecified atom stereocenters. The van der Waals surface area contributed by atoms with Gasteiger partial charge in [-0.3, -0.25) is 4.57 Å². The largest absolute Gasteiger partial charge is 0.416 e. The van der Waals surface area contributed by atoms with Gasteiger partial charge in [0.2, 0.25) is 11.9 Å². The topological polar surface area (TPSA) is 91.5 Å². The smallest absolute Gasteiger partial charge is 0.349 e. The van der Waals surface area contributed by atoms with Gasteiger partial charge in [-0.1, -0.05) is 6.92 Å². The first-order valence-electron chi connectivity index (χ1n) is 11.5. The van der Waals surface area contributed by atoms with Crippen molar-refractivity contribution in [3.05, 3.63) is 36.0 Å². The van der Waals surface area contributed by atoms with E-state index in [0.717, 1.165) is 44.2 Å². The van der Waals surface area contributed by atoms with Gasteiger partial charge in [0.25, 0.3) is 0 Å². The van der Waals surface area contributed by atoms with Crippen LogP contribution in [0.1, 0.15) is 64.5 Å². The van der Waals surface area contributed by atoms with Crippen LogP contribution < -0.4 is 10.6 Å². The van der Waals surface area contributed by atoms with Crippen molar-refractivity contribution in [3.8, 4) is 6.07 Å². The maximum Gasteiger partial charge on any atom is 0.416 e. The summed E-state index contributed by atoms with van der Waals surface area (Å²) < 4.78 is 40.9. The molecule has 180 valence electrons. The lowest BCUT2D eigenvalue weighted by atomic mass is 9.87. The molecule has 10 heteroatoms. The second kappa shape index (κ2) is 9.12. The molecule has 0 saturated heterocycles. The summed E-state index contributed by atoms with van der Waals surface area (Å²) in [7, 11) is 0. The van der Waals surface area contributed by atoms with E-state index in [1.165, 1.54) is 12.1 Å². The van der Waals surface area contributed by atoms with E-state index in [1.807, 2.05) is 4.57 Å². The van der Waals surface area contributed by atoms with E-state index in [4.69, 9.17) is 4.98 Å². The van der Waals surface area contributed by atoms with Gasteiger partial charge in [0.05, 0.1) is 17.8 Å². The number of hydrogen-bond donors (Lipinski definition) is 2. The summed E-state index contributed by atoms with van der Waals surface area (Å²) in [6, 6.07) is 7.28. The van der Waals surface area contributed by atoms with Crippen LogP contribution in [0.4, 0.5) is 30.8 Å². The monoisotopic (exact) mass is 471 g/mol. The third kappa shape index (κ3) is 5.08. The lowest BCUT2D eigenvalue weighted by Crippen LogP contribution is -2.30. The first-order chi connectivity index (χ1) is 16.1. The van der Waals surface area contributed by atoms with Gasteiger partial charge in [-0.05, 0) is 70.2 Å². The Bertz CT molecular complexity index is 1180. The highest BCUT2D eigenvalue weighted by Crippen LogP contribution is 2.37. The van der Waals surface area contributed by atoms with Gasteiger partial charge >= 0.3 is 6.18 Å². The van der Waals surface area contributed by atoms with Gasteiger partial charge in [-0.15, -0.1) is 0 Å². The number of nitriles is 1. The predicted octanol–water partition coefficient (Wildman–Crippen LogP) is 6.44. The average molecular weight is 472 g/mol. The number of alkyl halides is 3. The van der Waals surface area contributed by atoms with Crippen LogP contribution in [0.15, 0.2) is 30.5 Å². The van der Waals surface area contributed by atoms with E-state index in [1.54, 1.807) is 6.20 Å². The van der Waals surface area contributed by atoms with Crippen molar-refractivity contribution in [1.29, 1.82) is 5.26 Å². The maximum absolute atomic E-state index is 13.0. The van der Waals surface area contributed by atoms with Gasteiger partial charge in [0.15, 0.2) is 5.65 Å². The first kappa shape index (κ1) is 23.8. The molecule has 0 bridgehead atoms. The van der Waals surface area contributed by atoms with Crippen molar-refractivity contribution < 1.29 is 13.2 Å². The van der Waals surface area contributed by atoms with Crippen LogP contribution in [-0.4, -0.2) is 25.1 Å². The zero-order valence-corrected chi connectivity index (χ0v) is 19.4. The Morgan fingerprint density at radius 3 is 2.35 bits per heavy atom. The third-order valence-electron chi connectivity index (χ3n) is 6.48.